The molecule has 6 nitrogen and oxygen atoms in total. The molecule has 3 aromatic rings. The second-order valence-corrected chi connectivity index (χ2v) is 8.96. The summed E-state index contributed by atoms with van der Waals surface area (Å²) in [4.78, 5) is 14.0. The topological polar surface area (TPSA) is 81.7 Å². The van der Waals surface area contributed by atoms with Gasteiger partial charge in [0.15, 0.2) is 0 Å². The number of hydrogen-bond donors (Lipinski definition) is 1. The normalized spacial score (nSPS) is 11.0. The van der Waals surface area contributed by atoms with Gasteiger partial charge in [0.25, 0.3) is 10.0 Å². The lowest BCUT2D eigenvalue weighted by Crippen LogP contribution is -2.13. The van der Waals surface area contributed by atoms with Gasteiger partial charge in [-0.3, -0.25) is 4.72 Å². The molecule has 0 atom stereocenters. The minimum atomic E-state index is -3.80. The predicted molar refractivity (Wildman–Crippen MR) is 117 cm³/mol. The van der Waals surface area contributed by atoms with Gasteiger partial charge in [-0.05, 0) is 55.5 Å². The molecule has 0 saturated carbocycles. The first kappa shape index (κ1) is 21.7. The standard InChI is InChI=1S/C22H21NO5S2/c1-3-28-21-15-16(9-14-20(21)22(24)27-2)23-30(25,26)19-12-10-18(11-13-19)29-17-7-5-4-6-8-17/h4-15,23H,3H2,1-2H3. The van der Waals surface area contributed by atoms with E-state index in [0.29, 0.717) is 6.61 Å². The third-order valence-corrected chi connectivity index (χ3v) is 6.46. The highest BCUT2D eigenvalue weighted by Crippen LogP contribution is 2.29. The van der Waals surface area contributed by atoms with Crippen LogP contribution in [0.25, 0.3) is 0 Å². The van der Waals surface area contributed by atoms with Crippen molar-refractivity contribution in [2.75, 3.05) is 18.4 Å². The number of ether oxygens (including phenoxy) is 2. The summed E-state index contributed by atoms with van der Waals surface area (Å²) in [5.41, 5.74) is 0.512. The van der Waals surface area contributed by atoms with E-state index in [9.17, 15) is 13.2 Å². The van der Waals surface area contributed by atoms with Crippen molar-refractivity contribution < 1.29 is 22.7 Å². The molecule has 0 aliphatic carbocycles. The Hall–Kier alpha value is -2.97. The smallest absolute Gasteiger partial charge is 0.341 e. The molecule has 0 fully saturated rings. The van der Waals surface area contributed by atoms with Crippen LogP contribution < -0.4 is 9.46 Å². The Morgan fingerprint density at radius 2 is 1.63 bits per heavy atom. The highest BCUT2D eigenvalue weighted by atomic mass is 32.2. The third kappa shape index (κ3) is 5.34. The number of methoxy groups -OCH3 is 1. The van der Waals surface area contributed by atoms with E-state index in [1.165, 1.54) is 25.3 Å². The van der Waals surface area contributed by atoms with Crippen molar-refractivity contribution >= 4 is 33.4 Å². The largest absolute Gasteiger partial charge is 0.493 e. The Kier molecular flexibility index (Phi) is 7.02. The van der Waals surface area contributed by atoms with Crippen molar-refractivity contribution in [2.45, 2.75) is 21.6 Å². The maximum Gasteiger partial charge on any atom is 0.341 e. The summed E-state index contributed by atoms with van der Waals surface area (Å²) in [6, 6.07) is 20.9. The van der Waals surface area contributed by atoms with Gasteiger partial charge in [0.1, 0.15) is 11.3 Å². The highest BCUT2D eigenvalue weighted by molar-refractivity contribution is 7.99. The van der Waals surface area contributed by atoms with E-state index in [1.807, 2.05) is 30.3 Å². The molecule has 156 valence electrons. The summed E-state index contributed by atoms with van der Waals surface area (Å²) in [6.07, 6.45) is 0. The third-order valence-electron chi connectivity index (χ3n) is 4.05. The summed E-state index contributed by atoms with van der Waals surface area (Å²) < 4.78 is 38.2. The van der Waals surface area contributed by atoms with Crippen molar-refractivity contribution in [3.05, 3.63) is 78.4 Å². The van der Waals surface area contributed by atoms with Crippen molar-refractivity contribution in [1.82, 2.24) is 0 Å². The quantitative estimate of drug-likeness (QED) is 0.503. The van der Waals surface area contributed by atoms with Crippen molar-refractivity contribution in [2.24, 2.45) is 0 Å². The molecule has 8 heteroatoms. The summed E-state index contributed by atoms with van der Waals surface area (Å²) in [5, 5.41) is 0. The van der Waals surface area contributed by atoms with Crippen molar-refractivity contribution in [3.63, 3.8) is 0 Å². The molecule has 3 aromatic carbocycles. The number of rotatable bonds is 8. The molecule has 0 aliphatic heterocycles. The molecule has 3 rings (SSSR count). The van der Waals surface area contributed by atoms with Gasteiger partial charge >= 0.3 is 5.97 Å². The minimum absolute atomic E-state index is 0.134. The fraction of sp³-hybridized carbons (Fsp3) is 0.136. The van der Waals surface area contributed by atoms with Gasteiger partial charge in [-0.2, -0.15) is 0 Å². The first-order valence-corrected chi connectivity index (χ1v) is 11.4. The van der Waals surface area contributed by atoms with Gasteiger partial charge in [-0.15, -0.1) is 0 Å². The van der Waals surface area contributed by atoms with Crippen LogP contribution in [0.5, 0.6) is 5.75 Å². The van der Waals surface area contributed by atoms with Crippen LogP contribution in [0.2, 0.25) is 0 Å². The molecule has 0 radical (unpaired) electrons. The average molecular weight is 444 g/mol. The van der Waals surface area contributed by atoms with E-state index in [2.05, 4.69) is 4.72 Å². The first-order valence-electron chi connectivity index (χ1n) is 9.14. The van der Waals surface area contributed by atoms with Crippen LogP contribution >= 0.6 is 11.8 Å². The van der Waals surface area contributed by atoms with Crippen LogP contribution in [0.3, 0.4) is 0 Å². The Morgan fingerprint density at radius 3 is 2.27 bits per heavy atom. The zero-order valence-corrected chi connectivity index (χ0v) is 18.1. The zero-order chi connectivity index (χ0) is 21.6. The molecule has 0 aromatic heterocycles. The predicted octanol–water partition coefficient (Wildman–Crippen LogP) is 4.82. The van der Waals surface area contributed by atoms with Crippen molar-refractivity contribution in [1.29, 1.82) is 0 Å². The van der Waals surface area contributed by atoms with E-state index < -0.39 is 16.0 Å². The van der Waals surface area contributed by atoms with Crippen molar-refractivity contribution in [3.8, 4) is 5.75 Å². The van der Waals surface area contributed by atoms with Crippen LogP contribution in [0.4, 0.5) is 5.69 Å². The number of esters is 1. The molecule has 0 unspecified atom stereocenters. The fourth-order valence-corrected chi connectivity index (χ4v) is 4.55. The van der Waals surface area contributed by atoms with Gasteiger partial charge in [-0.25, -0.2) is 13.2 Å². The zero-order valence-electron chi connectivity index (χ0n) is 16.5. The van der Waals surface area contributed by atoms with Crippen LogP contribution in [-0.2, 0) is 14.8 Å². The van der Waals surface area contributed by atoms with Gasteiger partial charge in [0.2, 0.25) is 0 Å². The maximum absolute atomic E-state index is 12.8. The maximum atomic E-state index is 12.8. The lowest BCUT2D eigenvalue weighted by atomic mass is 10.2. The number of carbonyl (C=O) groups is 1. The first-order chi connectivity index (χ1) is 14.4. The monoisotopic (exact) mass is 443 g/mol. The van der Waals surface area contributed by atoms with E-state index >= 15 is 0 Å². The summed E-state index contributed by atoms with van der Waals surface area (Å²) in [6.45, 7) is 2.09. The Bertz CT molecular complexity index is 1110. The molecule has 0 spiro atoms. The number of benzene rings is 3. The lowest BCUT2D eigenvalue weighted by Gasteiger charge is -2.13. The molecular weight excluding hydrogens is 422 g/mol. The Labute approximate surface area is 180 Å². The summed E-state index contributed by atoms with van der Waals surface area (Å²) in [5.74, 6) is -0.307. The molecular formula is C22H21NO5S2. The number of sulfonamides is 1. The van der Waals surface area contributed by atoms with Crippen LogP contribution in [0.15, 0.2) is 87.5 Å². The molecule has 0 bridgehead atoms. The molecule has 0 aliphatic rings. The van der Waals surface area contributed by atoms with Gasteiger partial charge < -0.3 is 9.47 Å². The highest BCUT2D eigenvalue weighted by Gasteiger charge is 2.18. The second-order valence-electron chi connectivity index (χ2n) is 6.13. The summed E-state index contributed by atoms with van der Waals surface area (Å²) in [7, 11) is -2.53. The van der Waals surface area contributed by atoms with Gasteiger partial charge in [-0.1, -0.05) is 30.0 Å². The van der Waals surface area contributed by atoms with E-state index in [-0.39, 0.29) is 21.9 Å². The molecule has 0 amide bonds. The lowest BCUT2D eigenvalue weighted by molar-refractivity contribution is 0.0596. The number of hydrogen-bond acceptors (Lipinski definition) is 6. The van der Waals surface area contributed by atoms with Crippen LogP contribution in [-0.4, -0.2) is 28.1 Å². The van der Waals surface area contributed by atoms with Crippen LogP contribution in [0, 0.1) is 0 Å². The number of carbonyl (C=O) groups excluding carboxylic acids is 1. The van der Waals surface area contributed by atoms with E-state index in [4.69, 9.17) is 9.47 Å². The molecule has 1 N–H and O–H groups in total. The number of anilines is 1. The molecule has 0 saturated heterocycles. The fourth-order valence-electron chi connectivity index (χ4n) is 2.66. The molecule has 30 heavy (non-hydrogen) atoms. The Morgan fingerprint density at radius 1 is 0.967 bits per heavy atom. The SMILES string of the molecule is CCOc1cc(NS(=O)(=O)c2ccc(Sc3ccccc3)cc2)ccc1C(=O)OC. The molecule has 0 heterocycles. The Balaban J connectivity index is 1.79. The second kappa shape index (κ2) is 9.69. The van der Waals surface area contributed by atoms with Gasteiger partial charge in [0.05, 0.1) is 24.3 Å². The minimum Gasteiger partial charge on any atom is -0.493 e. The average Bonchev–Trinajstić information content (AvgIpc) is 2.74. The summed E-state index contributed by atoms with van der Waals surface area (Å²) >= 11 is 1.55. The van der Waals surface area contributed by atoms with Gasteiger partial charge in [0, 0.05) is 15.9 Å². The van der Waals surface area contributed by atoms with E-state index in [1.54, 1.807) is 43.0 Å². The number of nitrogens with one attached hydrogen (secondary N) is 1. The van der Waals surface area contributed by atoms with Crippen LogP contribution in [0.1, 0.15) is 17.3 Å². The van der Waals surface area contributed by atoms with E-state index in [0.717, 1.165) is 9.79 Å².